The Bertz CT molecular complexity index is 1070. The van der Waals surface area contributed by atoms with Gasteiger partial charge in [0, 0.05) is 19.3 Å². The molecule has 1 unspecified atom stereocenters. The first-order valence-corrected chi connectivity index (χ1v) is 26.1. The SMILES string of the molecule is CC/C=C\C/C=C\C/C=C\C/C=C\CCCCCCCCCCCCCCC(=O)OCC(COC(=O)CCCCCCCCCC)OC(=O)CCCCCCCCCCCC. The number of allylic oxidation sites excluding steroid dienone is 8. The highest BCUT2D eigenvalue weighted by Crippen LogP contribution is 2.16. The van der Waals surface area contributed by atoms with Gasteiger partial charge in [0.15, 0.2) is 6.10 Å². The average Bonchev–Trinajstić information content (AvgIpc) is 3.26. The van der Waals surface area contributed by atoms with Crippen LogP contribution in [0.25, 0.3) is 0 Å². The van der Waals surface area contributed by atoms with Crippen LogP contribution < -0.4 is 0 Å². The zero-order valence-corrected chi connectivity index (χ0v) is 40.4. The van der Waals surface area contributed by atoms with Crippen LogP contribution in [0.1, 0.15) is 265 Å². The third-order valence-electron chi connectivity index (χ3n) is 11.3. The van der Waals surface area contributed by atoms with Crippen molar-refractivity contribution in [2.75, 3.05) is 13.2 Å². The van der Waals surface area contributed by atoms with Gasteiger partial charge in [-0.2, -0.15) is 0 Å². The van der Waals surface area contributed by atoms with Gasteiger partial charge >= 0.3 is 17.9 Å². The molecule has 0 aromatic carbocycles. The summed E-state index contributed by atoms with van der Waals surface area (Å²) in [6.45, 7) is 6.49. The van der Waals surface area contributed by atoms with E-state index in [1.165, 1.54) is 141 Å². The zero-order valence-electron chi connectivity index (χ0n) is 40.4. The van der Waals surface area contributed by atoms with Crippen molar-refractivity contribution in [1.82, 2.24) is 0 Å². The molecular formula is C55H98O6. The van der Waals surface area contributed by atoms with E-state index in [-0.39, 0.29) is 31.1 Å². The van der Waals surface area contributed by atoms with Crippen LogP contribution in [0.3, 0.4) is 0 Å². The highest BCUT2D eigenvalue weighted by molar-refractivity contribution is 5.71. The molecule has 0 heterocycles. The van der Waals surface area contributed by atoms with Crippen molar-refractivity contribution in [1.29, 1.82) is 0 Å². The molecule has 0 aromatic rings. The van der Waals surface area contributed by atoms with Gasteiger partial charge in [0.25, 0.3) is 0 Å². The predicted octanol–water partition coefficient (Wildman–Crippen LogP) is 17.1. The van der Waals surface area contributed by atoms with E-state index >= 15 is 0 Å². The van der Waals surface area contributed by atoms with E-state index in [1.54, 1.807) is 0 Å². The lowest BCUT2D eigenvalue weighted by atomic mass is 10.0. The fourth-order valence-corrected chi connectivity index (χ4v) is 7.43. The molecule has 0 aliphatic carbocycles. The summed E-state index contributed by atoms with van der Waals surface area (Å²) in [5.74, 6) is -0.870. The highest BCUT2D eigenvalue weighted by Gasteiger charge is 2.19. The molecule has 0 amide bonds. The van der Waals surface area contributed by atoms with Gasteiger partial charge in [-0.05, 0) is 57.8 Å². The Morgan fingerprint density at radius 1 is 0.344 bits per heavy atom. The lowest BCUT2D eigenvalue weighted by Crippen LogP contribution is -2.30. The van der Waals surface area contributed by atoms with Crippen LogP contribution in [0.2, 0.25) is 0 Å². The van der Waals surface area contributed by atoms with Gasteiger partial charge < -0.3 is 14.2 Å². The minimum Gasteiger partial charge on any atom is -0.462 e. The van der Waals surface area contributed by atoms with E-state index < -0.39 is 6.10 Å². The number of unbranched alkanes of at least 4 members (excludes halogenated alkanes) is 28. The Morgan fingerprint density at radius 2 is 0.639 bits per heavy atom. The van der Waals surface area contributed by atoms with Crippen molar-refractivity contribution in [3.8, 4) is 0 Å². The summed E-state index contributed by atoms with van der Waals surface area (Å²) in [4.78, 5) is 37.8. The molecule has 1 atom stereocenters. The zero-order chi connectivity index (χ0) is 44.4. The minimum absolute atomic E-state index is 0.0699. The number of rotatable bonds is 47. The van der Waals surface area contributed by atoms with Crippen molar-refractivity contribution >= 4 is 17.9 Å². The fraction of sp³-hybridized carbons (Fsp3) is 0.800. The molecule has 0 bridgehead atoms. The van der Waals surface area contributed by atoms with Crippen LogP contribution in [-0.4, -0.2) is 37.2 Å². The molecule has 0 saturated heterocycles. The van der Waals surface area contributed by atoms with Gasteiger partial charge in [0.05, 0.1) is 0 Å². The summed E-state index contributed by atoms with van der Waals surface area (Å²) >= 11 is 0. The Labute approximate surface area is 378 Å². The summed E-state index contributed by atoms with van der Waals surface area (Å²) < 4.78 is 16.7. The third kappa shape index (κ3) is 48.3. The normalized spacial score (nSPS) is 12.4. The van der Waals surface area contributed by atoms with Gasteiger partial charge in [-0.25, -0.2) is 0 Å². The van der Waals surface area contributed by atoms with E-state index in [0.717, 1.165) is 83.5 Å². The molecule has 0 aromatic heterocycles. The Morgan fingerprint density at radius 3 is 1.00 bits per heavy atom. The average molecular weight is 855 g/mol. The van der Waals surface area contributed by atoms with Gasteiger partial charge in [0.1, 0.15) is 13.2 Å². The van der Waals surface area contributed by atoms with E-state index in [4.69, 9.17) is 14.2 Å². The number of carbonyl (C=O) groups is 3. The highest BCUT2D eigenvalue weighted by atomic mass is 16.6. The monoisotopic (exact) mass is 855 g/mol. The molecule has 0 radical (unpaired) electrons. The first-order valence-electron chi connectivity index (χ1n) is 26.1. The second-order valence-electron chi connectivity index (χ2n) is 17.4. The van der Waals surface area contributed by atoms with Crippen molar-refractivity contribution in [3.05, 3.63) is 48.6 Å². The second kappa shape index (κ2) is 50.0. The Kier molecular flexibility index (Phi) is 47.9. The van der Waals surface area contributed by atoms with Crippen LogP contribution in [0.4, 0.5) is 0 Å². The van der Waals surface area contributed by atoms with Crippen LogP contribution in [-0.2, 0) is 28.6 Å². The maximum atomic E-state index is 12.7. The quantitative estimate of drug-likeness (QED) is 0.0263. The molecule has 6 nitrogen and oxygen atoms in total. The largest absolute Gasteiger partial charge is 0.462 e. The summed E-state index contributed by atoms with van der Waals surface area (Å²) in [6.07, 6.45) is 59.7. The predicted molar refractivity (Wildman–Crippen MR) is 261 cm³/mol. The number of hydrogen-bond donors (Lipinski definition) is 0. The van der Waals surface area contributed by atoms with Crippen molar-refractivity contribution in [3.63, 3.8) is 0 Å². The van der Waals surface area contributed by atoms with Crippen molar-refractivity contribution in [2.24, 2.45) is 0 Å². The topological polar surface area (TPSA) is 78.9 Å². The number of hydrogen-bond acceptors (Lipinski definition) is 6. The molecule has 0 fully saturated rings. The standard InChI is InChI=1S/C55H98O6/c1-4-7-10-13-16-19-21-22-23-24-25-26-27-28-29-30-31-32-33-34-35-37-39-42-45-48-54(57)60-51-52(50-59-53(56)47-44-41-38-18-15-12-9-6-3)61-55(58)49-46-43-40-36-20-17-14-11-8-5-2/h7,10,16,19,22-23,25-26,52H,4-6,8-9,11-15,17-18,20-21,24,27-51H2,1-3H3/b10-7-,19-16-,23-22-,26-25-. The molecular weight excluding hydrogens is 757 g/mol. The number of carbonyl (C=O) groups excluding carboxylic acids is 3. The summed E-state index contributed by atoms with van der Waals surface area (Å²) in [5, 5.41) is 0. The van der Waals surface area contributed by atoms with Gasteiger partial charge in [-0.3, -0.25) is 14.4 Å². The maximum Gasteiger partial charge on any atom is 0.306 e. The lowest BCUT2D eigenvalue weighted by Gasteiger charge is -2.18. The molecule has 0 rings (SSSR count). The Hall–Kier alpha value is -2.63. The third-order valence-corrected chi connectivity index (χ3v) is 11.3. The maximum absolute atomic E-state index is 12.7. The molecule has 0 spiro atoms. The van der Waals surface area contributed by atoms with Crippen molar-refractivity contribution in [2.45, 2.75) is 271 Å². The molecule has 0 aliphatic heterocycles. The van der Waals surface area contributed by atoms with Gasteiger partial charge in [-0.15, -0.1) is 0 Å². The number of esters is 3. The van der Waals surface area contributed by atoms with Crippen LogP contribution in [0.5, 0.6) is 0 Å². The molecule has 61 heavy (non-hydrogen) atoms. The van der Waals surface area contributed by atoms with E-state index in [0.29, 0.717) is 19.3 Å². The lowest BCUT2D eigenvalue weighted by molar-refractivity contribution is -0.167. The molecule has 0 saturated carbocycles. The molecule has 0 aliphatic rings. The van der Waals surface area contributed by atoms with E-state index in [2.05, 4.69) is 69.4 Å². The summed E-state index contributed by atoms with van der Waals surface area (Å²) in [5.41, 5.74) is 0. The second-order valence-corrected chi connectivity index (χ2v) is 17.4. The van der Waals surface area contributed by atoms with Gasteiger partial charge in [-0.1, -0.05) is 236 Å². The van der Waals surface area contributed by atoms with Crippen LogP contribution in [0.15, 0.2) is 48.6 Å². The molecule has 354 valence electrons. The summed E-state index contributed by atoms with van der Waals surface area (Å²) in [6, 6.07) is 0. The number of ether oxygens (including phenoxy) is 3. The molecule has 0 N–H and O–H groups in total. The van der Waals surface area contributed by atoms with Crippen LogP contribution >= 0.6 is 0 Å². The van der Waals surface area contributed by atoms with E-state index in [9.17, 15) is 14.4 Å². The first-order chi connectivity index (χ1) is 30.0. The van der Waals surface area contributed by atoms with Gasteiger partial charge in [0.2, 0.25) is 0 Å². The summed E-state index contributed by atoms with van der Waals surface area (Å²) in [7, 11) is 0. The smallest absolute Gasteiger partial charge is 0.306 e. The van der Waals surface area contributed by atoms with Crippen LogP contribution in [0, 0.1) is 0 Å². The van der Waals surface area contributed by atoms with Crippen molar-refractivity contribution < 1.29 is 28.6 Å². The first kappa shape index (κ1) is 58.4. The van der Waals surface area contributed by atoms with E-state index in [1.807, 2.05) is 0 Å². The fourth-order valence-electron chi connectivity index (χ4n) is 7.43. The Balaban J connectivity index is 4.11. The minimum atomic E-state index is -0.766. The molecule has 6 heteroatoms.